The molecule has 0 spiro atoms. The Hall–Kier alpha value is -2.44. The number of carbonyl (C=O) groups excluding carboxylic acids is 1. The van der Waals surface area contributed by atoms with Crippen molar-refractivity contribution in [2.75, 3.05) is 6.61 Å². The van der Waals surface area contributed by atoms with Crippen LogP contribution in [-0.2, 0) is 4.74 Å². The molecule has 2 rings (SSSR count). The Bertz CT molecular complexity index is 822. The highest BCUT2D eigenvalue weighted by Crippen LogP contribution is 2.24. The van der Waals surface area contributed by atoms with Gasteiger partial charge in [0.2, 0.25) is 0 Å². The second kappa shape index (κ2) is 7.90. The first kappa shape index (κ1) is 17.9. The highest BCUT2D eigenvalue weighted by atomic mass is 35.5. The summed E-state index contributed by atoms with van der Waals surface area (Å²) < 4.78 is 4.92. The molecule has 0 unspecified atom stereocenters. The molecule has 8 heteroatoms. The molecule has 0 aliphatic carbocycles. The monoisotopic (exact) mass is 366 g/mol. The van der Waals surface area contributed by atoms with Crippen LogP contribution in [0.3, 0.4) is 0 Å². The molecule has 1 heterocycles. The van der Waals surface area contributed by atoms with Crippen LogP contribution in [0, 0.1) is 10.1 Å². The molecular formula is C16H12Cl2N2O4. The van der Waals surface area contributed by atoms with E-state index in [9.17, 15) is 14.9 Å². The second-order valence-electron chi connectivity index (χ2n) is 4.61. The molecular weight excluding hydrogens is 355 g/mol. The second-order valence-corrected chi connectivity index (χ2v) is 5.43. The van der Waals surface area contributed by atoms with Crippen molar-refractivity contribution in [1.82, 2.24) is 4.98 Å². The first-order valence-electron chi connectivity index (χ1n) is 6.87. The fourth-order valence-corrected chi connectivity index (χ4v) is 2.17. The van der Waals surface area contributed by atoms with Crippen LogP contribution in [0.1, 0.15) is 28.5 Å². The standard InChI is InChI=1S/C16H12Cl2N2O4/c1-2-24-16(21)12-8-11(20(22)23)9-19-15(12)6-4-10-3-5-13(17)14(18)7-10/h3-9H,2H2,1H3/b6-4+. The Morgan fingerprint density at radius 3 is 2.67 bits per heavy atom. The van der Waals surface area contributed by atoms with Crippen LogP contribution in [0.25, 0.3) is 12.2 Å². The number of hydrogen-bond donors (Lipinski definition) is 0. The predicted octanol–water partition coefficient (Wildman–Crippen LogP) is 4.64. The van der Waals surface area contributed by atoms with Crippen LogP contribution in [0.2, 0.25) is 10.0 Å². The van der Waals surface area contributed by atoms with Gasteiger partial charge in [-0.3, -0.25) is 10.1 Å². The Labute approximate surface area is 147 Å². The predicted molar refractivity (Wildman–Crippen MR) is 92.2 cm³/mol. The van der Waals surface area contributed by atoms with Gasteiger partial charge in [0.25, 0.3) is 5.69 Å². The first-order chi connectivity index (χ1) is 11.4. The Balaban J connectivity index is 2.40. The topological polar surface area (TPSA) is 82.3 Å². The summed E-state index contributed by atoms with van der Waals surface area (Å²) in [4.78, 5) is 26.2. The summed E-state index contributed by atoms with van der Waals surface area (Å²) in [5.41, 5.74) is 0.719. The molecule has 0 bridgehead atoms. The lowest BCUT2D eigenvalue weighted by Crippen LogP contribution is -2.08. The minimum absolute atomic E-state index is 0.0161. The molecule has 6 nitrogen and oxygen atoms in total. The van der Waals surface area contributed by atoms with E-state index in [1.807, 2.05) is 0 Å². The lowest BCUT2D eigenvalue weighted by Gasteiger charge is -2.05. The average Bonchev–Trinajstić information content (AvgIpc) is 2.56. The lowest BCUT2D eigenvalue weighted by atomic mass is 10.1. The number of benzene rings is 1. The normalized spacial score (nSPS) is 10.8. The zero-order valence-corrected chi connectivity index (χ0v) is 14.0. The number of esters is 1. The van der Waals surface area contributed by atoms with Gasteiger partial charge in [0.05, 0.1) is 32.8 Å². The van der Waals surface area contributed by atoms with Gasteiger partial charge in [0, 0.05) is 6.07 Å². The van der Waals surface area contributed by atoms with Gasteiger partial charge < -0.3 is 4.74 Å². The third-order valence-electron chi connectivity index (χ3n) is 2.99. The molecule has 1 aromatic heterocycles. The molecule has 2 aromatic rings. The summed E-state index contributed by atoms with van der Waals surface area (Å²) >= 11 is 11.8. The van der Waals surface area contributed by atoms with Gasteiger partial charge >= 0.3 is 5.97 Å². The SMILES string of the molecule is CCOC(=O)c1cc([N+](=O)[O-])cnc1/C=C/c1ccc(Cl)c(Cl)c1. The highest BCUT2D eigenvalue weighted by molar-refractivity contribution is 6.42. The zero-order valence-electron chi connectivity index (χ0n) is 12.5. The summed E-state index contributed by atoms with van der Waals surface area (Å²) in [5, 5.41) is 11.7. The summed E-state index contributed by atoms with van der Waals surface area (Å²) in [5.74, 6) is -0.678. The van der Waals surface area contributed by atoms with Crippen LogP contribution in [0.15, 0.2) is 30.5 Å². The van der Waals surface area contributed by atoms with Crippen molar-refractivity contribution >= 4 is 47.0 Å². The Kier molecular flexibility index (Phi) is 5.89. The third-order valence-corrected chi connectivity index (χ3v) is 3.73. The molecule has 0 amide bonds. The molecule has 0 aliphatic heterocycles. The molecule has 0 N–H and O–H groups in total. The van der Waals surface area contributed by atoms with Gasteiger partial charge in [-0.1, -0.05) is 35.3 Å². The summed E-state index contributed by atoms with van der Waals surface area (Å²) in [7, 11) is 0. The van der Waals surface area contributed by atoms with Crippen LogP contribution >= 0.6 is 23.2 Å². The van der Waals surface area contributed by atoms with E-state index in [1.54, 1.807) is 37.3 Å². The van der Waals surface area contributed by atoms with E-state index in [2.05, 4.69) is 4.98 Å². The van der Waals surface area contributed by atoms with Gasteiger partial charge in [-0.05, 0) is 30.7 Å². The van der Waals surface area contributed by atoms with E-state index in [0.29, 0.717) is 10.0 Å². The van der Waals surface area contributed by atoms with Crippen LogP contribution in [0.5, 0.6) is 0 Å². The maximum Gasteiger partial charge on any atom is 0.340 e. The molecule has 0 saturated carbocycles. The molecule has 1 aromatic carbocycles. The summed E-state index contributed by atoms with van der Waals surface area (Å²) in [6, 6.07) is 6.16. The number of halogens is 2. The number of nitrogens with zero attached hydrogens (tertiary/aromatic N) is 2. The number of aromatic nitrogens is 1. The Morgan fingerprint density at radius 1 is 1.29 bits per heavy atom. The fraction of sp³-hybridized carbons (Fsp3) is 0.125. The summed E-state index contributed by atoms with van der Waals surface area (Å²) in [6.07, 6.45) is 4.30. The lowest BCUT2D eigenvalue weighted by molar-refractivity contribution is -0.385. The van der Waals surface area contributed by atoms with Crippen molar-refractivity contribution < 1.29 is 14.5 Å². The van der Waals surface area contributed by atoms with E-state index < -0.39 is 10.9 Å². The molecule has 24 heavy (non-hydrogen) atoms. The number of carbonyl (C=O) groups is 1. The fourth-order valence-electron chi connectivity index (χ4n) is 1.86. The molecule has 0 atom stereocenters. The number of hydrogen-bond acceptors (Lipinski definition) is 5. The quantitative estimate of drug-likeness (QED) is 0.437. The number of rotatable bonds is 5. The number of nitro groups is 1. The van der Waals surface area contributed by atoms with Crippen molar-refractivity contribution in [2.24, 2.45) is 0 Å². The van der Waals surface area contributed by atoms with Crippen molar-refractivity contribution in [2.45, 2.75) is 6.92 Å². The van der Waals surface area contributed by atoms with Crippen molar-refractivity contribution in [3.8, 4) is 0 Å². The molecule has 0 saturated heterocycles. The maximum atomic E-state index is 12.0. The molecule has 0 aliphatic rings. The highest BCUT2D eigenvalue weighted by Gasteiger charge is 2.17. The van der Waals surface area contributed by atoms with Crippen LogP contribution < -0.4 is 0 Å². The van der Waals surface area contributed by atoms with Crippen molar-refractivity contribution in [3.05, 3.63) is 67.4 Å². The molecule has 124 valence electrons. The first-order valence-corrected chi connectivity index (χ1v) is 7.62. The minimum Gasteiger partial charge on any atom is -0.462 e. The maximum absolute atomic E-state index is 12.0. The van der Waals surface area contributed by atoms with E-state index in [0.717, 1.165) is 17.8 Å². The smallest absolute Gasteiger partial charge is 0.340 e. The minimum atomic E-state index is -0.678. The van der Waals surface area contributed by atoms with E-state index in [4.69, 9.17) is 27.9 Å². The van der Waals surface area contributed by atoms with Gasteiger partial charge in [0.15, 0.2) is 0 Å². The van der Waals surface area contributed by atoms with Crippen LogP contribution in [0.4, 0.5) is 5.69 Å². The van der Waals surface area contributed by atoms with Crippen molar-refractivity contribution in [3.63, 3.8) is 0 Å². The van der Waals surface area contributed by atoms with Crippen LogP contribution in [-0.4, -0.2) is 22.5 Å². The van der Waals surface area contributed by atoms with E-state index in [1.165, 1.54) is 0 Å². The van der Waals surface area contributed by atoms with E-state index in [-0.39, 0.29) is 23.6 Å². The Morgan fingerprint density at radius 2 is 2.04 bits per heavy atom. The average molecular weight is 367 g/mol. The van der Waals surface area contributed by atoms with E-state index >= 15 is 0 Å². The zero-order chi connectivity index (χ0) is 17.7. The number of pyridine rings is 1. The summed E-state index contributed by atoms with van der Waals surface area (Å²) in [6.45, 7) is 1.80. The molecule has 0 fully saturated rings. The third kappa shape index (κ3) is 4.31. The van der Waals surface area contributed by atoms with Gasteiger partial charge in [-0.25, -0.2) is 9.78 Å². The number of ether oxygens (including phenoxy) is 1. The van der Waals surface area contributed by atoms with Gasteiger partial charge in [0.1, 0.15) is 6.20 Å². The van der Waals surface area contributed by atoms with Crippen molar-refractivity contribution in [1.29, 1.82) is 0 Å². The largest absolute Gasteiger partial charge is 0.462 e. The van der Waals surface area contributed by atoms with Gasteiger partial charge in [-0.15, -0.1) is 0 Å². The van der Waals surface area contributed by atoms with Gasteiger partial charge in [-0.2, -0.15) is 0 Å². The molecule has 0 radical (unpaired) electrons.